The summed E-state index contributed by atoms with van der Waals surface area (Å²) in [5, 5.41) is 8.69. The Morgan fingerprint density at radius 2 is 2.41 bits per heavy atom. The van der Waals surface area contributed by atoms with Gasteiger partial charge in [-0.1, -0.05) is 26.2 Å². The average Bonchev–Trinajstić information content (AvgIpc) is 2.38. The number of aromatic nitrogens is 2. The number of rotatable bonds is 2. The Hall–Kier alpha value is -1.63. The summed E-state index contributed by atoms with van der Waals surface area (Å²) in [6, 6.07) is 1.84. The van der Waals surface area contributed by atoms with Gasteiger partial charge in [-0.2, -0.15) is 5.26 Å². The third-order valence-corrected chi connectivity index (χ3v) is 3.69. The van der Waals surface area contributed by atoms with Crippen molar-refractivity contribution < 1.29 is 0 Å². The van der Waals surface area contributed by atoms with Gasteiger partial charge >= 0.3 is 0 Å². The molecule has 2 rings (SSSR count). The minimum atomic E-state index is -0.309. The Bertz CT molecular complexity index is 486. The van der Waals surface area contributed by atoms with Gasteiger partial charge in [0.05, 0.1) is 6.20 Å². The third-order valence-electron chi connectivity index (χ3n) is 3.69. The van der Waals surface area contributed by atoms with Crippen LogP contribution in [-0.2, 0) is 0 Å². The first kappa shape index (κ1) is 11.8. The standard InChI is InChI=1S/C13H17N3O/c1-2-9-4-3-5-10(6-9)12-15-8-11(7-14)13(17)16-12/h8-10H,2-6H2,1H3,(H,15,16,17). The van der Waals surface area contributed by atoms with Gasteiger partial charge in [0.25, 0.3) is 5.56 Å². The molecular weight excluding hydrogens is 214 g/mol. The second kappa shape index (κ2) is 5.13. The normalized spacial score (nSPS) is 24.2. The van der Waals surface area contributed by atoms with E-state index >= 15 is 0 Å². The van der Waals surface area contributed by atoms with Gasteiger partial charge in [-0.05, 0) is 18.8 Å². The van der Waals surface area contributed by atoms with Crippen molar-refractivity contribution in [2.75, 3.05) is 0 Å². The molecule has 2 atom stereocenters. The zero-order valence-electron chi connectivity index (χ0n) is 10.1. The van der Waals surface area contributed by atoms with E-state index in [0.29, 0.717) is 5.92 Å². The largest absolute Gasteiger partial charge is 0.309 e. The van der Waals surface area contributed by atoms with Gasteiger partial charge in [0.2, 0.25) is 0 Å². The fourth-order valence-corrected chi connectivity index (χ4v) is 2.61. The van der Waals surface area contributed by atoms with Crippen LogP contribution < -0.4 is 5.56 Å². The predicted octanol–water partition coefficient (Wildman–Crippen LogP) is 2.33. The molecule has 17 heavy (non-hydrogen) atoms. The van der Waals surface area contributed by atoms with Crippen LogP contribution in [0.2, 0.25) is 0 Å². The molecule has 0 aliphatic heterocycles. The van der Waals surface area contributed by atoms with Gasteiger partial charge in [-0.15, -0.1) is 0 Å². The molecule has 1 N–H and O–H groups in total. The van der Waals surface area contributed by atoms with E-state index in [-0.39, 0.29) is 11.1 Å². The number of nitrogens with zero attached hydrogens (tertiary/aromatic N) is 2. The van der Waals surface area contributed by atoms with Crippen molar-refractivity contribution in [3.8, 4) is 6.07 Å². The fraction of sp³-hybridized carbons (Fsp3) is 0.615. The van der Waals surface area contributed by atoms with Crippen molar-refractivity contribution in [3.63, 3.8) is 0 Å². The Kier molecular flexibility index (Phi) is 3.58. The lowest BCUT2D eigenvalue weighted by atomic mass is 9.80. The smallest absolute Gasteiger partial charge is 0.268 e. The number of hydrogen-bond donors (Lipinski definition) is 1. The van der Waals surface area contributed by atoms with E-state index in [1.165, 1.54) is 25.5 Å². The average molecular weight is 231 g/mol. The highest BCUT2D eigenvalue weighted by atomic mass is 16.1. The van der Waals surface area contributed by atoms with E-state index in [1.54, 1.807) is 0 Å². The summed E-state index contributed by atoms with van der Waals surface area (Å²) in [5.41, 5.74) is -0.215. The van der Waals surface area contributed by atoms with Crippen LogP contribution in [0.4, 0.5) is 0 Å². The van der Waals surface area contributed by atoms with E-state index in [1.807, 2.05) is 6.07 Å². The molecule has 1 aliphatic rings. The maximum absolute atomic E-state index is 11.5. The van der Waals surface area contributed by atoms with Gasteiger partial charge in [0.15, 0.2) is 0 Å². The minimum Gasteiger partial charge on any atom is -0.309 e. The first-order valence-electron chi connectivity index (χ1n) is 6.24. The van der Waals surface area contributed by atoms with Gasteiger partial charge in [-0.3, -0.25) is 4.79 Å². The van der Waals surface area contributed by atoms with Crippen molar-refractivity contribution in [1.82, 2.24) is 9.97 Å². The number of aromatic amines is 1. The molecule has 1 saturated carbocycles. The lowest BCUT2D eigenvalue weighted by molar-refractivity contribution is 0.307. The topological polar surface area (TPSA) is 69.5 Å². The van der Waals surface area contributed by atoms with Crippen molar-refractivity contribution >= 4 is 0 Å². The molecule has 4 nitrogen and oxygen atoms in total. The Labute approximate surface area is 101 Å². The third kappa shape index (κ3) is 2.55. The van der Waals surface area contributed by atoms with E-state index in [9.17, 15) is 4.79 Å². The van der Waals surface area contributed by atoms with Crippen LogP contribution in [0.3, 0.4) is 0 Å². The highest BCUT2D eigenvalue weighted by Gasteiger charge is 2.23. The fourth-order valence-electron chi connectivity index (χ4n) is 2.61. The van der Waals surface area contributed by atoms with Crippen molar-refractivity contribution in [1.29, 1.82) is 5.26 Å². The highest BCUT2D eigenvalue weighted by molar-refractivity contribution is 5.22. The SMILES string of the molecule is CCC1CCCC(c2ncc(C#N)c(=O)[nH]2)C1. The Morgan fingerprint density at radius 1 is 1.59 bits per heavy atom. The molecule has 90 valence electrons. The van der Waals surface area contributed by atoms with Crippen LogP contribution in [-0.4, -0.2) is 9.97 Å². The van der Waals surface area contributed by atoms with Crippen LogP contribution in [0.15, 0.2) is 11.0 Å². The molecule has 0 bridgehead atoms. The van der Waals surface area contributed by atoms with Gasteiger partial charge < -0.3 is 4.98 Å². The number of nitrogens with one attached hydrogen (secondary N) is 1. The molecule has 1 aliphatic carbocycles. The van der Waals surface area contributed by atoms with Crippen molar-refractivity contribution in [3.05, 3.63) is 27.9 Å². The van der Waals surface area contributed by atoms with Crippen molar-refractivity contribution in [2.24, 2.45) is 5.92 Å². The van der Waals surface area contributed by atoms with E-state index in [0.717, 1.165) is 24.6 Å². The monoisotopic (exact) mass is 231 g/mol. The molecule has 0 aromatic carbocycles. The molecular formula is C13H17N3O. The first-order chi connectivity index (χ1) is 8.24. The molecule has 1 aromatic rings. The van der Waals surface area contributed by atoms with Crippen LogP contribution in [0, 0.1) is 17.2 Å². The molecule has 1 fully saturated rings. The molecule has 0 spiro atoms. The zero-order valence-corrected chi connectivity index (χ0v) is 10.1. The van der Waals surface area contributed by atoms with Gasteiger partial charge in [0, 0.05) is 5.92 Å². The summed E-state index contributed by atoms with van der Waals surface area (Å²) in [5.74, 6) is 1.86. The van der Waals surface area contributed by atoms with E-state index in [4.69, 9.17) is 5.26 Å². The Morgan fingerprint density at radius 3 is 3.06 bits per heavy atom. The van der Waals surface area contributed by atoms with Crippen LogP contribution in [0.1, 0.15) is 56.3 Å². The maximum atomic E-state index is 11.5. The molecule has 2 unspecified atom stereocenters. The van der Waals surface area contributed by atoms with E-state index < -0.39 is 0 Å². The maximum Gasteiger partial charge on any atom is 0.268 e. The molecule has 1 heterocycles. The minimum absolute atomic E-state index is 0.0941. The first-order valence-corrected chi connectivity index (χ1v) is 6.24. The summed E-state index contributed by atoms with van der Waals surface area (Å²) in [7, 11) is 0. The summed E-state index contributed by atoms with van der Waals surface area (Å²) in [6.07, 6.45) is 7.26. The van der Waals surface area contributed by atoms with Crippen molar-refractivity contribution in [2.45, 2.75) is 44.9 Å². The predicted molar refractivity (Wildman–Crippen MR) is 64.6 cm³/mol. The quantitative estimate of drug-likeness (QED) is 0.849. The molecule has 0 amide bonds. The van der Waals surface area contributed by atoms with Gasteiger partial charge in [0.1, 0.15) is 17.5 Å². The summed E-state index contributed by atoms with van der Waals surface area (Å²) in [6.45, 7) is 2.21. The summed E-state index contributed by atoms with van der Waals surface area (Å²) in [4.78, 5) is 18.5. The number of nitriles is 1. The highest BCUT2D eigenvalue weighted by Crippen LogP contribution is 2.35. The second-order valence-electron chi connectivity index (χ2n) is 4.76. The number of H-pyrrole nitrogens is 1. The van der Waals surface area contributed by atoms with Crippen LogP contribution in [0.5, 0.6) is 0 Å². The number of hydrogen-bond acceptors (Lipinski definition) is 3. The lowest BCUT2D eigenvalue weighted by Gasteiger charge is -2.27. The van der Waals surface area contributed by atoms with Crippen LogP contribution >= 0.6 is 0 Å². The second-order valence-corrected chi connectivity index (χ2v) is 4.76. The molecule has 1 aromatic heterocycles. The zero-order chi connectivity index (χ0) is 12.3. The molecule has 0 saturated heterocycles. The summed E-state index contributed by atoms with van der Waals surface area (Å²) >= 11 is 0. The summed E-state index contributed by atoms with van der Waals surface area (Å²) < 4.78 is 0. The Balaban J connectivity index is 2.20. The lowest BCUT2D eigenvalue weighted by Crippen LogP contribution is -2.20. The van der Waals surface area contributed by atoms with E-state index in [2.05, 4.69) is 16.9 Å². The van der Waals surface area contributed by atoms with Crippen LogP contribution in [0.25, 0.3) is 0 Å². The molecule has 0 radical (unpaired) electrons. The van der Waals surface area contributed by atoms with Gasteiger partial charge in [-0.25, -0.2) is 4.98 Å². The molecule has 4 heteroatoms.